The van der Waals surface area contributed by atoms with Gasteiger partial charge in [-0.1, -0.05) is 11.8 Å². The van der Waals surface area contributed by atoms with Gasteiger partial charge in [-0.3, -0.25) is 0 Å². The minimum atomic E-state index is -0.834. The van der Waals surface area contributed by atoms with E-state index in [1.54, 1.807) is 27.7 Å². The predicted molar refractivity (Wildman–Crippen MR) is 58.8 cm³/mol. The molecule has 0 heterocycles. The molecule has 0 saturated carbocycles. The molecule has 0 amide bonds. The van der Waals surface area contributed by atoms with Gasteiger partial charge in [-0.2, -0.15) is 0 Å². The largest absolute Gasteiger partial charge is 0.389 e. The molecule has 0 unspecified atom stereocenters. The average Bonchev–Trinajstić information content (AvgIpc) is 1.80. The Morgan fingerprint density at radius 3 is 1.64 bits per heavy atom. The van der Waals surface area contributed by atoms with Crippen molar-refractivity contribution in [3.05, 3.63) is 0 Å². The molecule has 0 spiro atoms. The molecule has 0 aliphatic carbocycles. The minimum Gasteiger partial charge on any atom is -0.389 e. The van der Waals surface area contributed by atoms with Crippen molar-refractivity contribution < 1.29 is 10.2 Å². The van der Waals surface area contributed by atoms with E-state index in [9.17, 15) is 10.2 Å². The SMILES string of the molecule is CC(C)(O)CC#CC(C)(C)C(C)(C)O. The van der Waals surface area contributed by atoms with Crippen LogP contribution in [0.4, 0.5) is 0 Å². The van der Waals surface area contributed by atoms with Gasteiger partial charge < -0.3 is 10.2 Å². The van der Waals surface area contributed by atoms with Gasteiger partial charge >= 0.3 is 0 Å². The second-order valence-corrected chi connectivity index (χ2v) is 5.48. The topological polar surface area (TPSA) is 40.5 Å². The molecule has 2 heteroatoms. The van der Waals surface area contributed by atoms with Crippen LogP contribution in [0, 0.1) is 17.3 Å². The van der Waals surface area contributed by atoms with Crippen molar-refractivity contribution in [3.63, 3.8) is 0 Å². The third-order valence-corrected chi connectivity index (χ3v) is 2.45. The molecule has 82 valence electrons. The van der Waals surface area contributed by atoms with E-state index in [1.165, 1.54) is 0 Å². The quantitative estimate of drug-likeness (QED) is 0.666. The Bertz CT molecular complexity index is 240. The van der Waals surface area contributed by atoms with Crippen LogP contribution in [0.25, 0.3) is 0 Å². The highest BCUT2D eigenvalue weighted by molar-refractivity contribution is 5.15. The monoisotopic (exact) mass is 198 g/mol. The fraction of sp³-hybridized carbons (Fsp3) is 0.833. The molecule has 2 nitrogen and oxygen atoms in total. The molecule has 0 atom stereocenters. The van der Waals surface area contributed by atoms with Gasteiger partial charge in [0.2, 0.25) is 0 Å². The van der Waals surface area contributed by atoms with Crippen molar-refractivity contribution in [2.75, 3.05) is 0 Å². The Balaban J connectivity index is 4.52. The Labute approximate surface area is 87.3 Å². The zero-order valence-corrected chi connectivity index (χ0v) is 10.1. The summed E-state index contributed by atoms with van der Waals surface area (Å²) in [5.41, 5.74) is -2.06. The standard InChI is InChI=1S/C12H22O2/c1-10(2,12(5,6)14)8-7-9-11(3,4)13/h13-14H,9H2,1-6H3. The fourth-order valence-electron chi connectivity index (χ4n) is 0.634. The van der Waals surface area contributed by atoms with Crippen LogP contribution in [0.5, 0.6) is 0 Å². The Hall–Kier alpha value is -0.520. The van der Waals surface area contributed by atoms with Crippen LogP contribution in [0.15, 0.2) is 0 Å². The normalized spacial score (nSPS) is 13.4. The van der Waals surface area contributed by atoms with Gasteiger partial charge in [-0.25, -0.2) is 0 Å². The smallest absolute Gasteiger partial charge is 0.0751 e. The third kappa shape index (κ3) is 4.64. The molecule has 14 heavy (non-hydrogen) atoms. The molecular formula is C12H22O2. The molecule has 0 fully saturated rings. The summed E-state index contributed by atoms with van der Waals surface area (Å²) in [5.74, 6) is 5.91. The summed E-state index contributed by atoms with van der Waals surface area (Å²) in [6.07, 6.45) is 0.423. The lowest BCUT2D eigenvalue weighted by Gasteiger charge is -2.32. The van der Waals surface area contributed by atoms with Gasteiger partial charge in [0, 0.05) is 6.42 Å². The molecule has 0 aromatic heterocycles. The van der Waals surface area contributed by atoms with Gasteiger partial charge in [0.05, 0.1) is 16.6 Å². The highest BCUT2D eigenvalue weighted by atomic mass is 16.3. The van der Waals surface area contributed by atoms with Gasteiger partial charge in [0.1, 0.15) is 0 Å². The minimum absolute atomic E-state index is 0.423. The van der Waals surface area contributed by atoms with Gasteiger partial charge in [0.15, 0.2) is 0 Å². The van der Waals surface area contributed by atoms with Crippen molar-refractivity contribution in [3.8, 4) is 11.8 Å². The van der Waals surface area contributed by atoms with E-state index < -0.39 is 16.6 Å². The molecule has 0 bridgehead atoms. The maximum absolute atomic E-state index is 9.81. The predicted octanol–water partition coefficient (Wildman–Crippen LogP) is 1.95. The zero-order chi connectivity index (χ0) is 11.6. The lowest BCUT2D eigenvalue weighted by atomic mass is 9.78. The second kappa shape index (κ2) is 3.92. The second-order valence-electron chi connectivity index (χ2n) is 5.48. The summed E-state index contributed by atoms with van der Waals surface area (Å²) in [7, 11) is 0. The van der Waals surface area contributed by atoms with Crippen molar-refractivity contribution in [2.24, 2.45) is 5.41 Å². The molecule has 0 aromatic carbocycles. The fourth-order valence-corrected chi connectivity index (χ4v) is 0.634. The van der Waals surface area contributed by atoms with Gasteiger partial charge in [0.25, 0.3) is 0 Å². The van der Waals surface area contributed by atoms with Gasteiger partial charge in [-0.05, 0) is 41.5 Å². The molecule has 0 aliphatic rings. The van der Waals surface area contributed by atoms with E-state index in [2.05, 4.69) is 11.8 Å². The van der Waals surface area contributed by atoms with Crippen LogP contribution in [-0.2, 0) is 0 Å². The maximum Gasteiger partial charge on any atom is 0.0751 e. The van der Waals surface area contributed by atoms with E-state index in [0.717, 1.165) is 0 Å². The zero-order valence-electron chi connectivity index (χ0n) is 10.1. The third-order valence-electron chi connectivity index (χ3n) is 2.45. The van der Waals surface area contributed by atoms with E-state index in [-0.39, 0.29) is 0 Å². The maximum atomic E-state index is 9.81. The summed E-state index contributed by atoms with van der Waals surface area (Å²) in [5, 5.41) is 19.3. The molecule has 0 saturated heterocycles. The lowest BCUT2D eigenvalue weighted by Crippen LogP contribution is -2.37. The van der Waals surface area contributed by atoms with E-state index in [1.807, 2.05) is 13.8 Å². The summed E-state index contributed by atoms with van der Waals surface area (Å²) >= 11 is 0. The Kier molecular flexibility index (Phi) is 3.78. The first-order chi connectivity index (χ1) is 5.96. The lowest BCUT2D eigenvalue weighted by molar-refractivity contribution is -0.00237. The number of hydrogen-bond donors (Lipinski definition) is 2. The Morgan fingerprint density at radius 2 is 1.36 bits per heavy atom. The molecule has 0 aliphatic heterocycles. The van der Waals surface area contributed by atoms with Crippen LogP contribution in [0.2, 0.25) is 0 Å². The van der Waals surface area contributed by atoms with Crippen molar-refractivity contribution in [1.82, 2.24) is 0 Å². The molecular weight excluding hydrogens is 176 g/mol. The number of hydrogen-bond acceptors (Lipinski definition) is 2. The van der Waals surface area contributed by atoms with Crippen molar-refractivity contribution in [1.29, 1.82) is 0 Å². The molecule has 2 N–H and O–H groups in total. The van der Waals surface area contributed by atoms with Crippen LogP contribution in [0.1, 0.15) is 48.0 Å². The first-order valence-corrected chi connectivity index (χ1v) is 4.90. The van der Waals surface area contributed by atoms with E-state index in [4.69, 9.17) is 0 Å². The van der Waals surface area contributed by atoms with Crippen molar-refractivity contribution in [2.45, 2.75) is 59.2 Å². The molecule has 0 radical (unpaired) electrons. The van der Waals surface area contributed by atoms with Crippen LogP contribution >= 0.6 is 0 Å². The number of aliphatic hydroxyl groups is 2. The highest BCUT2D eigenvalue weighted by Gasteiger charge is 2.33. The van der Waals surface area contributed by atoms with Crippen LogP contribution < -0.4 is 0 Å². The van der Waals surface area contributed by atoms with E-state index >= 15 is 0 Å². The van der Waals surface area contributed by atoms with Gasteiger partial charge in [-0.15, -0.1) is 0 Å². The van der Waals surface area contributed by atoms with Crippen molar-refractivity contribution >= 4 is 0 Å². The first kappa shape index (κ1) is 13.5. The summed E-state index contributed by atoms with van der Waals surface area (Å²) in [4.78, 5) is 0. The number of rotatable bonds is 2. The van der Waals surface area contributed by atoms with E-state index in [0.29, 0.717) is 6.42 Å². The summed E-state index contributed by atoms with van der Waals surface area (Å²) in [6, 6.07) is 0. The highest BCUT2D eigenvalue weighted by Crippen LogP contribution is 2.29. The van der Waals surface area contributed by atoms with Crippen LogP contribution in [0.3, 0.4) is 0 Å². The summed E-state index contributed by atoms with van der Waals surface area (Å²) < 4.78 is 0. The van der Waals surface area contributed by atoms with Crippen LogP contribution in [-0.4, -0.2) is 21.4 Å². The Morgan fingerprint density at radius 1 is 0.929 bits per heavy atom. The summed E-state index contributed by atoms with van der Waals surface area (Å²) in [6.45, 7) is 10.7. The molecule has 0 aromatic rings. The first-order valence-electron chi connectivity index (χ1n) is 4.90. The molecule has 0 rings (SSSR count). The average molecular weight is 198 g/mol.